The summed E-state index contributed by atoms with van der Waals surface area (Å²) in [5, 5.41) is 23.0. The van der Waals surface area contributed by atoms with E-state index in [9.17, 15) is 19.5 Å². The predicted molar refractivity (Wildman–Crippen MR) is 123 cm³/mol. The van der Waals surface area contributed by atoms with Gasteiger partial charge in [-0.05, 0) is 42.5 Å². The Balaban J connectivity index is 1.65. The van der Waals surface area contributed by atoms with Gasteiger partial charge in [0, 0.05) is 5.92 Å². The van der Waals surface area contributed by atoms with Crippen molar-refractivity contribution in [1.82, 2.24) is 10.6 Å². The number of aliphatic carboxylic acids is 1. The van der Waals surface area contributed by atoms with Crippen LogP contribution in [0.4, 0.5) is 4.79 Å². The molecular weight excluding hydrogens is 424 g/mol. The Morgan fingerprint density at radius 2 is 1.61 bits per heavy atom. The fourth-order valence-corrected chi connectivity index (χ4v) is 3.78. The Morgan fingerprint density at radius 1 is 1.03 bits per heavy atom. The number of hydrogen-bond acceptors (Lipinski definition) is 5. The molecule has 2 aromatic rings. The summed E-state index contributed by atoms with van der Waals surface area (Å²) < 4.78 is 5.50. The van der Waals surface area contributed by atoms with E-state index in [0.717, 1.165) is 27.8 Å². The molecule has 2 amide bonds. The molecular formula is C25H28N2O6. The first-order valence-electron chi connectivity index (χ1n) is 10.7. The first-order chi connectivity index (χ1) is 15.8. The van der Waals surface area contributed by atoms with Gasteiger partial charge in [-0.3, -0.25) is 4.79 Å². The third-order valence-electron chi connectivity index (χ3n) is 5.47. The second-order valence-corrected chi connectivity index (χ2v) is 8.14. The number of allylic oxidation sites excluding steroid dienone is 1. The van der Waals surface area contributed by atoms with Crippen LogP contribution in [0.25, 0.3) is 11.1 Å². The third kappa shape index (κ3) is 5.98. The van der Waals surface area contributed by atoms with Gasteiger partial charge in [-0.15, -0.1) is 0 Å². The summed E-state index contributed by atoms with van der Waals surface area (Å²) in [4.78, 5) is 35.8. The number of carboxylic acid groups (broad SMARTS) is 1. The van der Waals surface area contributed by atoms with Crippen molar-refractivity contribution in [2.45, 2.75) is 38.3 Å². The number of hydrogen-bond donors (Lipinski definition) is 4. The highest BCUT2D eigenvalue weighted by molar-refractivity contribution is 5.86. The quantitative estimate of drug-likeness (QED) is 0.434. The van der Waals surface area contributed by atoms with E-state index >= 15 is 0 Å². The molecule has 174 valence electrons. The summed E-state index contributed by atoms with van der Waals surface area (Å²) in [6.45, 7) is 3.35. The lowest BCUT2D eigenvalue weighted by Gasteiger charge is -2.19. The van der Waals surface area contributed by atoms with Crippen molar-refractivity contribution < 1.29 is 29.3 Å². The van der Waals surface area contributed by atoms with Crippen LogP contribution < -0.4 is 10.6 Å². The molecule has 0 aliphatic heterocycles. The van der Waals surface area contributed by atoms with Gasteiger partial charge in [0.1, 0.15) is 12.6 Å². The second kappa shape index (κ2) is 10.8. The average Bonchev–Trinajstić information content (AvgIpc) is 3.12. The molecule has 1 unspecified atom stereocenters. The SMILES string of the molecule is CC(C)=CCC(NC(=O)OCC1c2ccccc2-c2ccccc21)C(=O)NC[C@H](O)C(=O)O. The summed E-state index contributed by atoms with van der Waals surface area (Å²) in [5.41, 5.74) is 5.33. The Kier molecular flexibility index (Phi) is 7.84. The molecule has 2 aromatic carbocycles. The molecule has 4 N–H and O–H groups in total. The minimum atomic E-state index is -1.73. The first kappa shape index (κ1) is 24.0. The van der Waals surface area contributed by atoms with E-state index in [1.54, 1.807) is 6.08 Å². The van der Waals surface area contributed by atoms with Crippen molar-refractivity contribution in [3.05, 3.63) is 71.3 Å². The minimum absolute atomic E-state index is 0.106. The Bertz CT molecular complexity index is 1010. The molecule has 1 aliphatic rings. The lowest BCUT2D eigenvalue weighted by molar-refractivity contribution is -0.146. The van der Waals surface area contributed by atoms with Gasteiger partial charge in [-0.25, -0.2) is 9.59 Å². The van der Waals surface area contributed by atoms with Gasteiger partial charge in [0.15, 0.2) is 6.10 Å². The normalized spacial score (nSPS) is 13.8. The van der Waals surface area contributed by atoms with Crippen LogP contribution in [0.1, 0.15) is 37.3 Å². The number of ether oxygens (including phenoxy) is 1. The molecule has 8 heteroatoms. The van der Waals surface area contributed by atoms with Crippen LogP contribution in [0.3, 0.4) is 0 Å². The van der Waals surface area contributed by atoms with Gasteiger partial charge in [0.2, 0.25) is 5.91 Å². The van der Waals surface area contributed by atoms with E-state index in [-0.39, 0.29) is 18.9 Å². The Morgan fingerprint density at radius 3 is 2.15 bits per heavy atom. The van der Waals surface area contributed by atoms with Gasteiger partial charge in [-0.2, -0.15) is 0 Å². The van der Waals surface area contributed by atoms with Crippen LogP contribution >= 0.6 is 0 Å². The van der Waals surface area contributed by atoms with E-state index in [2.05, 4.69) is 10.6 Å². The number of amides is 2. The molecule has 0 saturated carbocycles. The molecule has 0 saturated heterocycles. The maximum atomic E-state index is 12.6. The lowest BCUT2D eigenvalue weighted by Crippen LogP contribution is -2.49. The van der Waals surface area contributed by atoms with Crippen LogP contribution in [0.15, 0.2) is 60.2 Å². The van der Waals surface area contributed by atoms with Crippen LogP contribution in [0.2, 0.25) is 0 Å². The van der Waals surface area contributed by atoms with Crippen LogP contribution in [0, 0.1) is 0 Å². The van der Waals surface area contributed by atoms with E-state index in [1.807, 2.05) is 62.4 Å². The van der Waals surface area contributed by atoms with Crippen LogP contribution in [0.5, 0.6) is 0 Å². The largest absolute Gasteiger partial charge is 0.479 e. The van der Waals surface area contributed by atoms with E-state index in [0.29, 0.717) is 0 Å². The minimum Gasteiger partial charge on any atom is -0.479 e. The number of carboxylic acids is 1. The van der Waals surface area contributed by atoms with Gasteiger partial charge >= 0.3 is 12.1 Å². The maximum absolute atomic E-state index is 12.6. The second-order valence-electron chi connectivity index (χ2n) is 8.14. The monoisotopic (exact) mass is 452 g/mol. The van der Waals surface area contributed by atoms with Crippen LogP contribution in [-0.4, -0.2) is 53.5 Å². The maximum Gasteiger partial charge on any atom is 0.407 e. The summed E-state index contributed by atoms with van der Waals surface area (Å²) in [6.07, 6.45) is -0.506. The molecule has 3 rings (SSSR count). The van der Waals surface area contributed by atoms with Gasteiger partial charge in [0.05, 0.1) is 6.54 Å². The van der Waals surface area contributed by atoms with Gasteiger partial charge in [0.25, 0.3) is 0 Å². The van der Waals surface area contributed by atoms with E-state index < -0.39 is 36.7 Å². The van der Waals surface area contributed by atoms with Crippen molar-refractivity contribution in [3.8, 4) is 11.1 Å². The molecule has 33 heavy (non-hydrogen) atoms. The molecule has 0 spiro atoms. The van der Waals surface area contributed by atoms with Crippen molar-refractivity contribution >= 4 is 18.0 Å². The Hall–Kier alpha value is -3.65. The zero-order valence-corrected chi connectivity index (χ0v) is 18.6. The third-order valence-corrected chi connectivity index (χ3v) is 5.47. The standard InChI is InChI=1S/C25H28N2O6/c1-15(2)11-12-21(23(29)26-13-22(28)24(30)31)27-25(32)33-14-20-18-9-5-3-7-16(18)17-8-4-6-10-19(17)20/h3-11,20-22,28H,12-14H2,1-2H3,(H,26,29)(H,27,32)(H,30,31)/t21?,22-/m0/s1. The van der Waals surface area contributed by atoms with E-state index in [4.69, 9.17) is 9.84 Å². The van der Waals surface area contributed by atoms with Crippen molar-refractivity contribution in [1.29, 1.82) is 0 Å². The smallest absolute Gasteiger partial charge is 0.407 e. The fourth-order valence-electron chi connectivity index (χ4n) is 3.78. The van der Waals surface area contributed by atoms with Crippen molar-refractivity contribution in [3.63, 3.8) is 0 Å². The zero-order chi connectivity index (χ0) is 24.0. The number of aliphatic hydroxyl groups excluding tert-OH is 1. The molecule has 8 nitrogen and oxygen atoms in total. The highest BCUT2D eigenvalue weighted by Gasteiger charge is 2.29. The number of alkyl carbamates (subject to hydrolysis) is 1. The van der Waals surface area contributed by atoms with Crippen molar-refractivity contribution in [2.24, 2.45) is 0 Å². The summed E-state index contributed by atoms with van der Waals surface area (Å²) in [6, 6.07) is 15.0. The number of carbonyl (C=O) groups excluding carboxylic acids is 2. The van der Waals surface area contributed by atoms with Gasteiger partial charge < -0.3 is 25.6 Å². The van der Waals surface area contributed by atoms with Crippen molar-refractivity contribution in [2.75, 3.05) is 13.2 Å². The number of aliphatic hydroxyl groups is 1. The molecule has 0 aromatic heterocycles. The molecule has 1 aliphatic carbocycles. The number of nitrogens with one attached hydrogen (secondary N) is 2. The number of fused-ring (bicyclic) bond motifs is 3. The Labute approximate surface area is 192 Å². The highest BCUT2D eigenvalue weighted by atomic mass is 16.5. The molecule has 0 bridgehead atoms. The molecule has 2 atom stereocenters. The molecule has 0 radical (unpaired) electrons. The van der Waals surface area contributed by atoms with E-state index in [1.165, 1.54) is 0 Å². The number of carbonyl (C=O) groups is 3. The molecule has 0 fully saturated rings. The summed E-state index contributed by atoms with van der Waals surface area (Å²) >= 11 is 0. The fraction of sp³-hybridized carbons (Fsp3) is 0.320. The summed E-state index contributed by atoms with van der Waals surface area (Å²) in [5.74, 6) is -2.17. The van der Waals surface area contributed by atoms with Crippen LogP contribution in [-0.2, 0) is 14.3 Å². The number of rotatable bonds is 9. The molecule has 0 heterocycles. The first-order valence-corrected chi connectivity index (χ1v) is 10.7. The van der Waals surface area contributed by atoms with Gasteiger partial charge in [-0.1, -0.05) is 60.2 Å². The average molecular weight is 453 g/mol. The lowest BCUT2D eigenvalue weighted by atomic mass is 9.98. The highest BCUT2D eigenvalue weighted by Crippen LogP contribution is 2.44. The number of benzene rings is 2. The zero-order valence-electron chi connectivity index (χ0n) is 18.6. The summed E-state index contributed by atoms with van der Waals surface area (Å²) in [7, 11) is 0. The topological polar surface area (TPSA) is 125 Å². The predicted octanol–water partition coefficient (Wildman–Crippen LogP) is 2.81.